The highest BCUT2D eigenvalue weighted by Crippen LogP contribution is 2.43. The van der Waals surface area contributed by atoms with Crippen LogP contribution in [0.25, 0.3) is 122 Å². The van der Waals surface area contributed by atoms with Gasteiger partial charge in [-0.25, -0.2) is 9.97 Å². The van der Waals surface area contributed by atoms with Crippen molar-refractivity contribution in [3.8, 4) is 45.3 Å². The number of benzene rings is 9. The van der Waals surface area contributed by atoms with Gasteiger partial charge in [-0.05, 0) is 88.1 Å². The molecule has 5 heteroatoms. The highest BCUT2D eigenvalue weighted by molar-refractivity contribution is 6.22. The predicted molar refractivity (Wildman–Crippen MR) is 252 cm³/mol. The van der Waals surface area contributed by atoms with Crippen molar-refractivity contribution in [2.24, 2.45) is 0 Å². The summed E-state index contributed by atoms with van der Waals surface area (Å²) in [5.41, 5.74) is 13.4. The maximum Gasteiger partial charge on any atom is 0.235 e. The van der Waals surface area contributed by atoms with Gasteiger partial charge in [0.25, 0.3) is 0 Å². The van der Waals surface area contributed by atoms with Crippen LogP contribution in [0.1, 0.15) is 0 Å². The molecule has 13 aromatic rings. The number of furan rings is 1. The predicted octanol–water partition coefficient (Wildman–Crippen LogP) is 14.7. The first-order valence-corrected chi connectivity index (χ1v) is 20.7. The molecule has 0 aliphatic rings. The van der Waals surface area contributed by atoms with Gasteiger partial charge >= 0.3 is 0 Å². The van der Waals surface area contributed by atoms with Gasteiger partial charge in [0.1, 0.15) is 11.2 Å². The lowest BCUT2D eigenvalue weighted by atomic mass is 9.99. The summed E-state index contributed by atoms with van der Waals surface area (Å²) in [4.78, 5) is 11.1. The van der Waals surface area contributed by atoms with Crippen LogP contribution in [0.3, 0.4) is 0 Å². The summed E-state index contributed by atoms with van der Waals surface area (Å²) in [5.74, 6) is 0.626. The summed E-state index contributed by atoms with van der Waals surface area (Å²) in [5, 5.41) is 9.07. The SMILES string of the molecule is c1ccc(-c2nc(-n3c4ccc(-c5ccc6oc7ccccc7c6c5)cc4c4c5ccccc5ccc43)nc3ccc4cc(-c5ccccc5)n(-c5ccccc5)c4c23)cc1. The Morgan fingerprint density at radius 1 is 0.377 bits per heavy atom. The molecule has 0 atom stereocenters. The number of aromatic nitrogens is 4. The van der Waals surface area contributed by atoms with Crippen molar-refractivity contribution in [2.45, 2.75) is 0 Å². The third-order valence-electron chi connectivity index (χ3n) is 12.3. The Morgan fingerprint density at radius 2 is 1.02 bits per heavy atom. The normalized spacial score (nSPS) is 11.9. The first kappa shape index (κ1) is 33.7. The molecule has 0 N–H and O–H groups in total. The van der Waals surface area contributed by atoms with Crippen LogP contribution in [0.5, 0.6) is 0 Å². The van der Waals surface area contributed by atoms with Gasteiger partial charge in [-0.2, -0.15) is 0 Å². The third-order valence-corrected chi connectivity index (χ3v) is 12.3. The third kappa shape index (κ3) is 5.14. The fourth-order valence-electron chi connectivity index (χ4n) is 9.56. The van der Waals surface area contributed by atoms with Gasteiger partial charge in [-0.3, -0.25) is 4.57 Å². The fraction of sp³-hybridized carbons (Fsp3) is 0. The highest BCUT2D eigenvalue weighted by atomic mass is 16.3. The smallest absolute Gasteiger partial charge is 0.235 e. The van der Waals surface area contributed by atoms with E-state index < -0.39 is 0 Å². The van der Waals surface area contributed by atoms with E-state index in [9.17, 15) is 0 Å². The number of nitrogens with zero attached hydrogens (tertiary/aromatic N) is 4. The standard InChI is InChI=1S/C56H34N4O/c1-4-15-36(16-5-1)49-34-40-24-28-46-53(55(40)59(49)41-19-8-3-9-20-41)54(37-17-6-2-7-18-37)58-56(57-46)60-47-29-26-38(33-45(47)52-42-21-11-10-14-35(42)25-30-48(52)60)39-27-31-51-44(32-39)43-22-12-13-23-50(43)61-51/h1-34H. The summed E-state index contributed by atoms with van der Waals surface area (Å²) < 4.78 is 10.8. The van der Waals surface area contributed by atoms with E-state index in [1.807, 2.05) is 12.1 Å². The fourth-order valence-corrected chi connectivity index (χ4v) is 9.56. The number of hydrogen-bond acceptors (Lipinski definition) is 3. The van der Waals surface area contributed by atoms with Gasteiger partial charge in [-0.1, -0.05) is 146 Å². The lowest BCUT2D eigenvalue weighted by Gasteiger charge is -2.16. The Kier molecular flexibility index (Phi) is 7.24. The summed E-state index contributed by atoms with van der Waals surface area (Å²) in [6, 6.07) is 73.1. The van der Waals surface area contributed by atoms with Crippen LogP contribution in [0.4, 0.5) is 0 Å². The van der Waals surface area contributed by atoms with Crippen LogP contribution in [-0.2, 0) is 0 Å². The van der Waals surface area contributed by atoms with Crippen LogP contribution in [0.2, 0.25) is 0 Å². The minimum Gasteiger partial charge on any atom is -0.456 e. The van der Waals surface area contributed by atoms with Crippen molar-refractivity contribution in [1.82, 2.24) is 19.1 Å². The van der Waals surface area contributed by atoms with Crippen molar-refractivity contribution in [3.05, 3.63) is 206 Å². The molecule has 4 heterocycles. The van der Waals surface area contributed by atoms with Crippen molar-refractivity contribution in [2.75, 3.05) is 0 Å². The van der Waals surface area contributed by atoms with E-state index in [-0.39, 0.29) is 0 Å². The molecule has 0 aliphatic heterocycles. The maximum absolute atomic E-state index is 6.20. The van der Waals surface area contributed by atoms with Crippen molar-refractivity contribution in [1.29, 1.82) is 0 Å². The van der Waals surface area contributed by atoms with Gasteiger partial charge < -0.3 is 8.98 Å². The Balaban J connectivity index is 1.11. The Hall–Kier alpha value is -8.28. The summed E-state index contributed by atoms with van der Waals surface area (Å²) in [6.45, 7) is 0. The molecule has 0 saturated heterocycles. The zero-order valence-electron chi connectivity index (χ0n) is 32.8. The first-order chi connectivity index (χ1) is 30.2. The van der Waals surface area contributed by atoms with E-state index in [0.717, 1.165) is 99.5 Å². The molecule has 0 saturated carbocycles. The first-order valence-electron chi connectivity index (χ1n) is 20.7. The minimum absolute atomic E-state index is 0.626. The summed E-state index contributed by atoms with van der Waals surface area (Å²) >= 11 is 0. The molecule has 0 amide bonds. The van der Waals surface area contributed by atoms with Gasteiger partial charge in [0, 0.05) is 38.2 Å². The Labute approximate surface area is 350 Å². The van der Waals surface area contributed by atoms with Crippen LogP contribution in [-0.4, -0.2) is 19.1 Å². The van der Waals surface area contributed by atoms with Crippen LogP contribution >= 0.6 is 0 Å². The lowest BCUT2D eigenvalue weighted by Crippen LogP contribution is -2.05. The quantitative estimate of drug-likeness (QED) is 0.175. The molecule has 0 fully saturated rings. The summed E-state index contributed by atoms with van der Waals surface area (Å²) in [7, 11) is 0. The van der Waals surface area contributed by atoms with E-state index >= 15 is 0 Å². The molecule has 5 nitrogen and oxygen atoms in total. The van der Waals surface area contributed by atoms with Gasteiger partial charge in [0.2, 0.25) is 5.95 Å². The molecular formula is C56H34N4O. The molecule has 284 valence electrons. The number of para-hydroxylation sites is 2. The molecule has 61 heavy (non-hydrogen) atoms. The molecule has 13 rings (SSSR count). The van der Waals surface area contributed by atoms with Crippen LogP contribution < -0.4 is 0 Å². The second-order valence-corrected chi connectivity index (χ2v) is 15.8. The average Bonchev–Trinajstić information content (AvgIpc) is 4.02. The zero-order valence-corrected chi connectivity index (χ0v) is 32.8. The average molecular weight is 779 g/mol. The number of rotatable bonds is 5. The van der Waals surface area contributed by atoms with Crippen molar-refractivity contribution >= 4 is 76.3 Å². The Bertz CT molecular complexity index is 3860. The molecule has 0 radical (unpaired) electrons. The van der Waals surface area contributed by atoms with Gasteiger partial charge in [0.15, 0.2) is 0 Å². The molecule has 0 spiro atoms. The number of fused-ring (bicyclic) bond motifs is 11. The Morgan fingerprint density at radius 3 is 1.84 bits per heavy atom. The molecule has 0 unspecified atom stereocenters. The summed E-state index contributed by atoms with van der Waals surface area (Å²) in [6.07, 6.45) is 0. The van der Waals surface area contributed by atoms with E-state index in [2.05, 4.69) is 203 Å². The topological polar surface area (TPSA) is 48.8 Å². The van der Waals surface area contributed by atoms with Crippen molar-refractivity contribution < 1.29 is 4.42 Å². The van der Waals surface area contributed by atoms with E-state index in [1.54, 1.807) is 0 Å². The number of hydrogen-bond donors (Lipinski definition) is 0. The molecule has 0 aliphatic carbocycles. The van der Waals surface area contributed by atoms with Gasteiger partial charge in [-0.15, -0.1) is 0 Å². The molecular weight excluding hydrogens is 745 g/mol. The van der Waals surface area contributed by atoms with E-state index in [4.69, 9.17) is 14.4 Å². The maximum atomic E-state index is 6.20. The molecule has 4 aromatic heterocycles. The molecule has 0 bridgehead atoms. The van der Waals surface area contributed by atoms with Gasteiger partial charge in [0.05, 0.1) is 38.8 Å². The molecule has 9 aromatic carbocycles. The second kappa shape index (κ2) is 13.1. The van der Waals surface area contributed by atoms with Crippen LogP contribution in [0, 0.1) is 0 Å². The van der Waals surface area contributed by atoms with E-state index in [1.165, 1.54) is 16.2 Å². The monoisotopic (exact) mass is 778 g/mol. The lowest BCUT2D eigenvalue weighted by molar-refractivity contribution is 0.669. The van der Waals surface area contributed by atoms with Crippen LogP contribution in [0.15, 0.2) is 211 Å². The highest BCUT2D eigenvalue weighted by Gasteiger charge is 2.23. The van der Waals surface area contributed by atoms with Crippen molar-refractivity contribution in [3.63, 3.8) is 0 Å². The zero-order chi connectivity index (χ0) is 40.0. The van der Waals surface area contributed by atoms with E-state index in [0.29, 0.717) is 5.95 Å². The second-order valence-electron chi connectivity index (χ2n) is 15.8. The minimum atomic E-state index is 0.626. The largest absolute Gasteiger partial charge is 0.456 e.